The minimum Gasteiger partial charge on any atom is -0.492 e. The van der Waals surface area contributed by atoms with Gasteiger partial charge in [0.25, 0.3) is 0 Å². The third-order valence-corrected chi connectivity index (χ3v) is 7.28. The molecule has 1 amide bonds. The van der Waals surface area contributed by atoms with E-state index in [2.05, 4.69) is 5.32 Å². The average molecular weight is 401 g/mol. The van der Waals surface area contributed by atoms with E-state index in [0.717, 1.165) is 30.6 Å². The molecule has 0 aromatic heterocycles. The predicted molar refractivity (Wildman–Crippen MR) is 107 cm³/mol. The average Bonchev–Trinajstić information content (AvgIpc) is 2.74. The zero-order chi connectivity index (χ0) is 19.6. The Hall–Kier alpha value is -2.38. The van der Waals surface area contributed by atoms with E-state index in [-0.39, 0.29) is 23.3 Å². The van der Waals surface area contributed by atoms with Crippen molar-refractivity contribution in [2.24, 2.45) is 5.92 Å². The molecule has 0 radical (unpaired) electrons. The van der Waals surface area contributed by atoms with Gasteiger partial charge in [-0.25, -0.2) is 8.42 Å². The van der Waals surface area contributed by atoms with Crippen molar-refractivity contribution in [3.8, 4) is 5.75 Å². The number of carbonyl (C=O) groups is 1. The SMILES string of the molecule is O=C(Nc1ccccc1S(=O)(=O)N1CCCCC1)C1COc2ccccc2C1. The van der Waals surface area contributed by atoms with E-state index in [9.17, 15) is 13.2 Å². The summed E-state index contributed by atoms with van der Waals surface area (Å²) in [5.41, 5.74) is 1.32. The van der Waals surface area contributed by atoms with Crippen LogP contribution < -0.4 is 10.1 Å². The van der Waals surface area contributed by atoms with Crippen molar-refractivity contribution in [2.75, 3.05) is 25.0 Å². The lowest BCUT2D eigenvalue weighted by molar-refractivity contribution is -0.121. The number of sulfonamides is 1. The summed E-state index contributed by atoms with van der Waals surface area (Å²) in [6, 6.07) is 14.3. The van der Waals surface area contributed by atoms with Crippen molar-refractivity contribution in [3.63, 3.8) is 0 Å². The molecule has 1 N–H and O–H groups in total. The smallest absolute Gasteiger partial charge is 0.245 e. The molecule has 7 heteroatoms. The Morgan fingerprint density at radius 3 is 2.54 bits per heavy atom. The van der Waals surface area contributed by atoms with Crippen molar-refractivity contribution in [2.45, 2.75) is 30.6 Å². The largest absolute Gasteiger partial charge is 0.492 e. The fourth-order valence-corrected chi connectivity index (χ4v) is 5.43. The second kappa shape index (κ2) is 7.93. The Morgan fingerprint density at radius 1 is 1.00 bits per heavy atom. The number of para-hydroxylation sites is 2. The fraction of sp³-hybridized carbons (Fsp3) is 0.381. The molecule has 2 aliphatic heterocycles. The first-order chi connectivity index (χ1) is 13.6. The van der Waals surface area contributed by atoms with Crippen LogP contribution >= 0.6 is 0 Å². The minimum atomic E-state index is -3.63. The van der Waals surface area contributed by atoms with Gasteiger partial charge < -0.3 is 10.1 Å². The maximum Gasteiger partial charge on any atom is 0.245 e. The Morgan fingerprint density at radius 2 is 1.71 bits per heavy atom. The van der Waals surface area contributed by atoms with E-state index in [0.29, 0.717) is 25.2 Å². The van der Waals surface area contributed by atoms with Gasteiger partial charge in [0.2, 0.25) is 15.9 Å². The molecule has 2 heterocycles. The van der Waals surface area contributed by atoms with Crippen LogP contribution in [0.15, 0.2) is 53.4 Å². The fourth-order valence-electron chi connectivity index (χ4n) is 3.77. The molecule has 0 bridgehead atoms. The molecule has 0 aliphatic carbocycles. The highest BCUT2D eigenvalue weighted by molar-refractivity contribution is 7.89. The Balaban J connectivity index is 1.54. The molecule has 2 aromatic carbocycles. The third kappa shape index (κ3) is 3.77. The Bertz CT molecular complexity index is 968. The topological polar surface area (TPSA) is 75.7 Å². The molecule has 1 saturated heterocycles. The van der Waals surface area contributed by atoms with Gasteiger partial charge in [0.1, 0.15) is 17.3 Å². The van der Waals surface area contributed by atoms with Gasteiger partial charge in [0.15, 0.2) is 0 Å². The molecule has 148 valence electrons. The maximum absolute atomic E-state index is 13.1. The van der Waals surface area contributed by atoms with Crippen molar-refractivity contribution in [1.29, 1.82) is 0 Å². The zero-order valence-electron chi connectivity index (χ0n) is 15.6. The van der Waals surface area contributed by atoms with Crippen molar-refractivity contribution < 1.29 is 17.9 Å². The normalized spacial score (nSPS) is 20.1. The number of amides is 1. The summed E-state index contributed by atoms with van der Waals surface area (Å²) < 4.78 is 33.4. The molecule has 6 nitrogen and oxygen atoms in total. The maximum atomic E-state index is 13.1. The summed E-state index contributed by atoms with van der Waals surface area (Å²) in [6.45, 7) is 1.33. The monoisotopic (exact) mass is 400 g/mol. The highest BCUT2D eigenvalue weighted by Gasteiger charge is 2.30. The predicted octanol–water partition coefficient (Wildman–Crippen LogP) is 3.05. The summed E-state index contributed by atoms with van der Waals surface area (Å²) >= 11 is 0. The number of hydrogen-bond donors (Lipinski definition) is 1. The van der Waals surface area contributed by atoms with Crippen LogP contribution in [0.4, 0.5) is 5.69 Å². The molecule has 1 unspecified atom stereocenters. The van der Waals surface area contributed by atoms with Crippen molar-refractivity contribution >= 4 is 21.6 Å². The first-order valence-electron chi connectivity index (χ1n) is 9.66. The molecule has 0 spiro atoms. The van der Waals surface area contributed by atoms with Gasteiger partial charge in [-0.15, -0.1) is 0 Å². The van der Waals surface area contributed by atoms with Crippen LogP contribution in [0.25, 0.3) is 0 Å². The highest BCUT2D eigenvalue weighted by atomic mass is 32.2. The van der Waals surface area contributed by atoms with Crippen molar-refractivity contribution in [3.05, 3.63) is 54.1 Å². The summed E-state index contributed by atoms with van der Waals surface area (Å²) in [6.07, 6.45) is 3.36. The number of anilines is 1. The number of carbonyl (C=O) groups excluding carboxylic acids is 1. The third-order valence-electron chi connectivity index (χ3n) is 5.33. The second-order valence-electron chi connectivity index (χ2n) is 7.27. The highest BCUT2D eigenvalue weighted by Crippen LogP contribution is 2.30. The number of nitrogens with one attached hydrogen (secondary N) is 1. The van der Waals surface area contributed by atoms with E-state index in [1.54, 1.807) is 24.3 Å². The number of hydrogen-bond acceptors (Lipinski definition) is 4. The van der Waals surface area contributed by atoms with Crippen LogP contribution in [0.1, 0.15) is 24.8 Å². The number of nitrogens with zero attached hydrogens (tertiary/aromatic N) is 1. The standard InChI is InChI=1S/C21H24N2O4S/c24-21(17-14-16-8-2-4-10-19(16)27-15-17)22-18-9-3-5-11-20(18)28(25,26)23-12-6-1-7-13-23/h2-5,8-11,17H,1,6-7,12-15H2,(H,22,24). The summed E-state index contributed by atoms with van der Waals surface area (Å²) in [5, 5.41) is 2.83. The number of benzene rings is 2. The van der Waals surface area contributed by atoms with E-state index >= 15 is 0 Å². The van der Waals surface area contributed by atoms with Crippen LogP contribution in [-0.2, 0) is 21.2 Å². The molecule has 2 aliphatic rings. The van der Waals surface area contributed by atoms with Crippen LogP contribution in [0, 0.1) is 5.92 Å². The number of fused-ring (bicyclic) bond motifs is 1. The number of rotatable bonds is 4. The molecule has 0 saturated carbocycles. The summed E-state index contributed by atoms with van der Waals surface area (Å²) in [7, 11) is -3.63. The Labute approximate surface area is 165 Å². The lowest BCUT2D eigenvalue weighted by Gasteiger charge is -2.27. The van der Waals surface area contributed by atoms with E-state index in [1.807, 2.05) is 24.3 Å². The molecular weight excluding hydrogens is 376 g/mol. The van der Waals surface area contributed by atoms with Gasteiger partial charge in [-0.2, -0.15) is 4.31 Å². The van der Waals surface area contributed by atoms with Gasteiger partial charge in [-0.1, -0.05) is 36.8 Å². The summed E-state index contributed by atoms with van der Waals surface area (Å²) in [4.78, 5) is 13.0. The van der Waals surface area contributed by atoms with Gasteiger partial charge in [-0.3, -0.25) is 4.79 Å². The van der Waals surface area contributed by atoms with Crippen LogP contribution in [-0.4, -0.2) is 38.3 Å². The van der Waals surface area contributed by atoms with E-state index in [1.165, 1.54) is 4.31 Å². The summed E-state index contributed by atoms with van der Waals surface area (Å²) in [5.74, 6) is 0.219. The lowest BCUT2D eigenvalue weighted by Crippen LogP contribution is -2.37. The molecule has 4 rings (SSSR count). The molecule has 2 aromatic rings. The van der Waals surface area contributed by atoms with E-state index in [4.69, 9.17) is 4.74 Å². The first kappa shape index (κ1) is 19.0. The lowest BCUT2D eigenvalue weighted by atomic mass is 9.96. The molecule has 1 atom stereocenters. The second-order valence-corrected chi connectivity index (χ2v) is 9.18. The van der Waals surface area contributed by atoms with Crippen LogP contribution in [0.5, 0.6) is 5.75 Å². The minimum absolute atomic E-state index is 0.155. The number of ether oxygens (including phenoxy) is 1. The van der Waals surface area contributed by atoms with E-state index < -0.39 is 10.0 Å². The Kier molecular flexibility index (Phi) is 5.37. The molecular formula is C21H24N2O4S. The van der Waals surface area contributed by atoms with Gasteiger partial charge in [-0.05, 0) is 43.0 Å². The van der Waals surface area contributed by atoms with Gasteiger partial charge >= 0.3 is 0 Å². The van der Waals surface area contributed by atoms with Crippen molar-refractivity contribution in [1.82, 2.24) is 4.31 Å². The molecule has 1 fully saturated rings. The van der Waals surface area contributed by atoms with Gasteiger partial charge in [0, 0.05) is 13.1 Å². The first-order valence-corrected chi connectivity index (χ1v) is 11.1. The van der Waals surface area contributed by atoms with Crippen LogP contribution in [0.3, 0.4) is 0 Å². The quantitative estimate of drug-likeness (QED) is 0.856. The number of piperidine rings is 1. The van der Waals surface area contributed by atoms with Gasteiger partial charge in [0.05, 0.1) is 11.6 Å². The van der Waals surface area contributed by atoms with Crippen LogP contribution in [0.2, 0.25) is 0 Å². The molecule has 28 heavy (non-hydrogen) atoms. The zero-order valence-corrected chi connectivity index (χ0v) is 16.5.